The second kappa shape index (κ2) is 6.69. The average molecular weight is 322 g/mol. The summed E-state index contributed by atoms with van der Waals surface area (Å²) in [5.41, 5.74) is 0.412. The fourth-order valence-corrected chi connectivity index (χ4v) is 2.77. The monoisotopic (exact) mass is 321 g/mol. The molecule has 0 radical (unpaired) electrons. The molecule has 0 unspecified atom stereocenters. The highest BCUT2D eigenvalue weighted by molar-refractivity contribution is 5.99. The van der Waals surface area contributed by atoms with E-state index < -0.39 is 11.7 Å². The first-order chi connectivity index (χ1) is 9.36. The van der Waals surface area contributed by atoms with Crippen molar-refractivity contribution in [3.63, 3.8) is 0 Å². The fraction of sp³-hybridized carbons (Fsp3) is 0.533. The van der Waals surface area contributed by atoms with E-state index in [1.165, 1.54) is 6.07 Å². The molecule has 1 heterocycles. The number of halogens is 4. The molecule has 21 heavy (non-hydrogen) atoms. The van der Waals surface area contributed by atoms with Crippen molar-refractivity contribution >= 4 is 23.9 Å². The predicted molar refractivity (Wildman–Crippen MR) is 79.5 cm³/mol. The minimum Gasteiger partial charge on any atom is -0.371 e. The normalized spacial score (nSPS) is 15.0. The molecule has 0 amide bonds. The van der Waals surface area contributed by atoms with Crippen molar-refractivity contribution < 1.29 is 18.0 Å². The van der Waals surface area contributed by atoms with E-state index in [2.05, 4.69) is 0 Å². The molecule has 0 saturated carbocycles. The molecule has 0 atom stereocenters. The number of carbonyl (C=O) groups excluding carboxylic acids is 1. The second-order valence-electron chi connectivity index (χ2n) is 5.10. The zero-order valence-corrected chi connectivity index (χ0v) is 12.9. The third-order valence-corrected chi connectivity index (χ3v) is 3.78. The van der Waals surface area contributed by atoms with E-state index in [9.17, 15) is 18.0 Å². The van der Waals surface area contributed by atoms with Gasteiger partial charge in [0.15, 0.2) is 5.78 Å². The standard InChI is InChI=1S/C15H18F3NO.ClH/c1-3-13(20)11-6-7-12(15(16,17)18)14(10(11)2)19-8-4-5-9-19;/h6-7H,3-5,8-9H2,1-2H3;1H. The van der Waals surface area contributed by atoms with Crippen molar-refractivity contribution in [2.75, 3.05) is 18.0 Å². The molecular formula is C15H19ClF3NO. The summed E-state index contributed by atoms with van der Waals surface area (Å²) in [6, 6.07) is 2.35. The van der Waals surface area contributed by atoms with E-state index in [0.29, 0.717) is 30.6 Å². The van der Waals surface area contributed by atoms with Crippen LogP contribution in [0.25, 0.3) is 0 Å². The SMILES string of the molecule is CCC(=O)c1ccc(C(F)(F)F)c(N2CCCC2)c1C.Cl. The molecule has 0 aliphatic carbocycles. The van der Waals surface area contributed by atoms with Crippen LogP contribution in [0.5, 0.6) is 0 Å². The summed E-state index contributed by atoms with van der Waals surface area (Å²) in [5.74, 6) is -0.114. The van der Waals surface area contributed by atoms with Gasteiger partial charge in [-0.15, -0.1) is 12.4 Å². The van der Waals surface area contributed by atoms with Crippen LogP contribution in [-0.2, 0) is 6.18 Å². The van der Waals surface area contributed by atoms with Crippen LogP contribution in [0.4, 0.5) is 18.9 Å². The van der Waals surface area contributed by atoms with E-state index in [-0.39, 0.29) is 23.9 Å². The van der Waals surface area contributed by atoms with Gasteiger partial charge in [-0.05, 0) is 31.4 Å². The smallest absolute Gasteiger partial charge is 0.371 e. The van der Waals surface area contributed by atoms with E-state index >= 15 is 0 Å². The number of ketones is 1. The van der Waals surface area contributed by atoms with Gasteiger partial charge in [0.1, 0.15) is 0 Å². The zero-order valence-electron chi connectivity index (χ0n) is 12.1. The maximum Gasteiger partial charge on any atom is 0.418 e. The highest BCUT2D eigenvalue weighted by atomic mass is 35.5. The average Bonchev–Trinajstić information content (AvgIpc) is 2.89. The van der Waals surface area contributed by atoms with Crippen molar-refractivity contribution in [2.24, 2.45) is 0 Å². The van der Waals surface area contributed by atoms with Gasteiger partial charge in [-0.1, -0.05) is 13.0 Å². The molecule has 0 spiro atoms. The van der Waals surface area contributed by atoms with Gasteiger partial charge in [0.05, 0.1) is 11.3 Å². The summed E-state index contributed by atoms with van der Waals surface area (Å²) in [5, 5.41) is 0. The molecule has 1 fully saturated rings. The predicted octanol–water partition coefficient (Wildman–Crippen LogP) is 4.63. The van der Waals surface area contributed by atoms with Crippen LogP contribution >= 0.6 is 12.4 Å². The van der Waals surface area contributed by atoms with Crippen molar-refractivity contribution in [3.05, 3.63) is 28.8 Å². The van der Waals surface area contributed by atoms with Crippen LogP contribution in [0, 0.1) is 6.92 Å². The molecule has 0 N–H and O–H groups in total. The zero-order chi connectivity index (χ0) is 14.9. The summed E-state index contributed by atoms with van der Waals surface area (Å²) in [4.78, 5) is 13.6. The first kappa shape index (κ1) is 17.8. The van der Waals surface area contributed by atoms with E-state index in [4.69, 9.17) is 0 Å². The Bertz CT molecular complexity index is 522. The highest BCUT2D eigenvalue weighted by Gasteiger charge is 2.37. The van der Waals surface area contributed by atoms with Gasteiger partial charge in [-0.2, -0.15) is 13.2 Å². The van der Waals surface area contributed by atoms with E-state index in [1.807, 2.05) is 0 Å². The Morgan fingerprint density at radius 1 is 1.24 bits per heavy atom. The minimum absolute atomic E-state index is 0. The fourth-order valence-electron chi connectivity index (χ4n) is 2.77. The van der Waals surface area contributed by atoms with Gasteiger partial charge >= 0.3 is 6.18 Å². The summed E-state index contributed by atoms with van der Waals surface area (Å²) in [6.07, 6.45) is -2.31. The maximum absolute atomic E-state index is 13.2. The Labute approximate surface area is 128 Å². The third-order valence-electron chi connectivity index (χ3n) is 3.78. The Balaban J connectivity index is 0.00000220. The van der Waals surface area contributed by atoms with Crippen LogP contribution in [0.3, 0.4) is 0 Å². The summed E-state index contributed by atoms with van der Waals surface area (Å²) in [7, 11) is 0. The molecule has 2 nitrogen and oxygen atoms in total. The van der Waals surface area contributed by atoms with Crippen LogP contribution in [0.2, 0.25) is 0 Å². The largest absolute Gasteiger partial charge is 0.418 e. The van der Waals surface area contributed by atoms with Crippen LogP contribution in [-0.4, -0.2) is 18.9 Å². The number of hydrogen-bond donors (Lipinski definition) is 0. The number of nitrogens with zero attached hydrogens (tertiary/aromatic N) is 1. The van der Waals surface area contributed by atoms with Gasteiger partial charge in [-0.3, -0.25) is 4.79 Å². The van der Waals surface area contributed by atoms with Crippen molar-refractivity contribution in [2.45, 2.75) is 39.3 Å². The van der Waals surface area contributed by atoms with Crippen LogP contribution in [0.15, 0.2) is 12.1 Å². The van der Waals surface area contributed by atoms with Crippen molar-refractivity contribution in [3.8, 4) is 0 Å². The number of rotatable bonds is 3. The highest BCUT2D eigenvalue weighted by Crippen LogP contribution is 2.40. The molecule has 1 aromatic carbocycles. The van der Waals surface area contributed by atoms with Crippen LogP contribution < -0.4 is 4.90 Å². The van der Waals surface area contributed by atoms with Crippen molar-refractivity contribution in [1.82, 2.24) is 0 Å². The van der Waals surface area contributed by atoms with Gasteiger partial charge in [-0.25, -0.2) is 0 Å². The molecule has 118 valence electrons. The van der Waals surface area contributed by atoms with Gasteiger partial charge in [0.2, 0.25) is 0 Å². The number of benzene rings is 1. The molecular weight excluding hydrogens is 303 g/mol. The molecule has 2 rings (SSSR count). The summed E-state index contributed by atoms with van der Waals surface area (Å²) < 4.78 is 39.6. The van der Waals surface area contributed by atoms with E-state index in [1.54, 1.807) is 18.7 Å². The minimum atomic E-state index is -4.39. The lowest BCUT2D eigenvalue weighted by atomic mass is 9.97. The van der Waals surface area contributed by atoms with Crippen LogP contribution in [0.1, 0.15) is 47.7 Å². The topological polar surface area (TPSA) is 20.3 Å². The Morgan fingerprint density at radius 3 is 2.29 bits per heavy atom. The lowest BCUT2D eigenvalue weighted by molar-refractivity contribution is -0.137. The molecule has 1 aliphatic heterocycles. The Hall–Kier alpha value is -1.23. The molecule has 6 heteroatoms. The summed E-state index contributed by atoms with van der Waals surface area (Å²) >= 11 is 0. The van der Waals surface area contributed by atoms with E-state index in [0.717, 1.165) is 18.9 Å². The maximum atomic E-state index is 13.2. The van der Waals surface area contributed by atoms with Crippen molar-refractivity contribution in [1.29, 1.82) is 0 Å². The lowest BCUT2D eigenvalue weighted by Crippen LogP contribution is -2.24. The molecule has 1 saturated heterocycles. The second-order valence-corrected chi connectivity index (χ2v) is 5.10. The number of Topliss-reactive ketones (excluding diaryl/α,β-unsaturated/α-hetero) is 1. The first-order valence-corrected chi connectivity index (χ1v) is 6.85. The molecule has 1 aromatic rings. The molecule has 0 bridgehead atoms. The Morgan fingerprint density at radius 2 is 1.81 bits per heavy atom. The number of hydrogen-bond acceptors (Lipinski definition) is 2. The lowest BCUT2D eigenvalue weighted by Gasteiger charge is -2.26. The summed E-state index contributed by atoms with van der Waals surface area (Å²) in [6.45, 7) is 4.57. The Kier molecular flexibility index (Phi) is 5.68. The van der Waals surface area contributed by atoms with Gasteiger partial charge < -0.3 is 4.90 Å². The quantitative estimate of drug-likeness (QED) is 0.757. The number of anilines is 1. The number of alkyl halides is 3. The third kappa shape index (κ3) is 3.51. The number of carbonyl (C=O) groups is 1. The first-order valence-electron chi connectivity index (χ1n) is 6.85. The van der Waals surface area contributed by atoms with Gasteiger partial charge in [0, 0.05) is 25.1 Å². The molecule has 0 aromatic heterocycles. The molecule has 1 aliphatic rings. The van der Waals surface area contributed by atoms with Gasteiger partial charge in [0.25, 0.3) is 0 Å².